The van der Waals surface area contributed by atoms with E-state index in [0.29, 0.717) is 6.54 Å². The third-order valence-electron chi connectivity index (χ3n) is 2.71. The average Bonchev–Trinajstić information content (AvgIpc) is 2.93. The Morgan fingerprint density at radius 2 is 2.44 bits per heavy atom. The maximum atomic E-state index is 11.6. The Morgan fingerprint density at radius 3 is 3.17 bits per heavy atom. The van der Waals surface area contributed by atoms with Gasteiger partial charge in [-0.15, -0.1) is 0 Å². The molecule has 2 heterocycles. The van der Waals surface area contributed by atoms with Gasteiger partial charge in [-0.1, -0.05) is 12.2 Å². The molecule has 18 heavy (non-hydrogen) atoms. The lowest BCUT2D eigenvalue weighted by Gasteiger charge is -2.10. The number of hydrogen-bond acceptors (Lipinski definition) is 4. The van der Waals surface area contributed by atoms with Gasteiger partial charge in [0.2, 0.25) is 5.91 Å². The monoisotopic (exact) mass is 246 g/mol. The zero-order chi connectivity index (χ0) is 12.6. The first-order chi connectivity index (χ1) is 8.86. The van der Waals surface area contributed by atoms with Crippen LogP contribution in [0.3, 0.4) is 0 Å². The van der Waals surface area contributed by atoms with Crippen LogP contribution in [0.15, 0.2) is 36.7 Å². The van der Waals surface area contributed by atoms with Gasteiger partial charge in [-0.3, -0.25) is 15.1 Å². The molecule has 0 saturated carbocycles. The Kier molecular flexibility index (Phi) is 4.72. The number of anilines is 1. The van der Waals surface area contributed by atoms with Gasteiger partial charge in [-0.25, -0.2) is 0 Å². The number of hydrogen-bond donors (Lipinski definition) is 3. The SMILES string of the molecule is O=C(NCCCNc1cccnc1)[C@@H]1C=CCN1. The summed E-state index contributed by atoms with van der Waals surface area (Å²) < 4.78 is 0. The summed E-state index contributed by atoms with van der Waals surface area (Å²) in [7, 11) is 0. The third kappa shape index (κ3) is 3.85. The van der Waals surface area contributed by atoms with Crippen molar-refractivity contribution in [3.05, 3.63) is 36.7 Å². The van der Waals surface area contributed by atoms with Crippen LogP contribution in [0.2, 0.25) is 0 Å². The zero-order valence-corrected chi connectivity index (χ0v) is 10.2. The molecule has 2 rings (SSSR count). The van der Waals surface area contributed by atoms with E-state index in [1.165, 1.54) is 0 Å². The predicted molar refractivity (Wildman–Crippen MR) is 71.3 cm³/mol. The van der Waals surface area contributed by atoms with E-state index >= 15 is 0 Å². The summed E-state index contributed by atoms with van der Waals surface area (Å²) in [4.78, 5) is 15.6. The van der Waals surface area contributed by atoms with Crippen molar-refractivity contribution in [1.29, 1.82) is 0 Å². The molecule has 5 heteroatoms. The van der Waals surface area contributed by atoms with Crippen molar-refractivity contribution in [2.75, 3.05) is 25.0 Å². The number of aromatic nitrogens is 1. The number of nitrogens with zero attached hydrogens (tertiary/aromatic N) is 1. The van der Waals surface area contributed by atoms with E-state index in [4.69, 9.17) is 0 Å². The molecule has 1 aliphatic heterocycles. The molecular weight excluding hydrogens is 228 g/mol. The van der Waals surface area contributed by atoms with E-state index in [0.717, 1.165) is 25.2 Å². The molecule has 1 aromatic heterocycles. The van der Waals surface area contributed by atoms with E-state index in [9.17, 15) is 4.79 Å². The van der Waals surface area contributed by atoms with Gasteiger partial charge >= 0.3 is 0 Å². The normalized spacial score (nSPS) is 17.7. The quantitative estimate of drug-likeness (QED) is 0.506. The smallest absolute Gasteiger partial charge is 0.241 e. The largest absolute Gasteiger partial charge is 0.384 e. The van der Waals surface area contributed by atoms with Gasteiger partial charge in [-0.05, 0) is 18.6 Å². The van der Waals surface area contributed by atoms with Crippen LogP contribution < -0.4 is 16.0 Å². The number of rotatable bonds is 6. The van der Waals surface area contributed by atoms with Crippen LogP contribution in [0, 0.1) is 0 Å². The minimum absolute atomic E-state index is 0.0464. The molecule has 3 N–H and O–H groups in total. The Labute approximate surface area is 107 Å². The van der Waals surface area contributed by atoms with Gasteiger partial charge in [-0.2, -0.15) is 0 Å². The number of carbonyl (C=O) groups excluding carboxylic acids is 1. The van der Waals surface area contributed by atoms with Crippen LogP contribution in [0.1, 0.15) is 6.42 Å². The molecule has 1 aromatic rings. The summed E-state index contributed by atoms with van der Waals surface area (Å²) in [6.07, 6.45) is 8.27. The second-order valence-corrected chi connectivity index (χ2v) is 4.13. The van der Waals surface area contributed by atoms with Crippen molar-refractivity contribution in [3.63, 3.8) is 0 Å². The fourth-order valence-electron chi connectivity index (χ4n) is 1.76. The summed E-state index contributed by atoms with van der Waals surface area (Å²) >= 11 is 0. The highest BCUT2D eigenvalue weighted by atomic mass is 16.2. The summed E-state index contributed by atoms with van der Waals surface area (Å²) in [5, 5.41) is 9.22. The van der Waals surface area contributed by atoms with E-state index in [-0.39, 0.29) is 11.9 Å². The van der Waals surface area contributed by atoms with Crippen molar-refractivity contribution in [2.24, 2.45) is 0 Å². The first-order valence-corrected chi connectivity index (χ1v) is 6.18. The third-order valence-corrected chi connectivity index (χ3v) is 2.71. The minimum Gasteiger partial charge on any atom is -0.384 e. The molecule has 1 amide bonds. The molecule has 5 nitrogen and oxygen atoms in total. The van der Waals surface area contributed by atoms with Crippen LogP contribution in [0.5, 0.6) is 0 Å². The highest BCUT2D eigenvalue weighted by Gasteiger charge is 2.16. The zero-order valence-electron chi connectivity index (χ0n) is 10.2. The molecule has 0 bridgehead atoms. The van der Waals surface area contributed by atoms with Gasteiger partial charge in [0.15, 0.2) is 0 Å². The van der Waals surface area contributed by atoms with Gasteiger partial charge < -0.3 is 10.6 Å². The Hall–Kier alpha value is -1.88. The highest BCUT2D eigenvalue weighted by Crippen LogP contribution is 2.01. The Bertz CT molecular complexity index is 405. The fraction of sp³-hybridized carbons (Fsp3) is 0.385. The summed E-state index contributed by atoms with van der Waals surface area (Å²) in [5.74, 6) is 0.0464. The van der Waals surface area contributed by atoms with Gasteiger partial charge in [0.05, 0.1) is 5.69 Å². The number of amides is 1. The predicted octanol–water partition coefficient (Wildman–Crippen LogP) is 0.528. The van der Waals surface area contributed by atoms with Gasteiger partial charge in [0.25, 0.3) is 0 Å². The van der Waals surface area contributed by atoms with Crippen molar-refractivity contribution in [2.45, 2.75) is 12.5 Å². The Balaban J connectivity index is 1.56. The lowest BCUT2D eigenvalue weighted by atomic mass is 10.3. The first-order valence-electron chi connectivity index (χ1n) is 6.18. The molecule has 0 aliphatic carbocycles. The summed E-state index contributed by atoms with van der Waals surface area (Å²) in [5.41, 5.74) is 1.00. The molecule has 0 radical (unpaired) electrons. The van der Waals surface area contributed by atoms with Gasteiger partial charge in [0, 0.05) is 32.0 Å². The molecular formula is C13H18N4O. The summed E-state index contributed by atoms with van der Waals surface area (Å²) in [6, 6.07) is 3.71. The number of pyridine rings is 1. The fourth-order valence-corrected chi connectivity index (χ4v) is 1.76. The topological polar surface area (TPSA) is 66.0 Å². The second kappa shape index (κ2) is 6.76. The maximum Gasteiger partial charge on any atom is 0.241 e. The maximum absolute atomic E-state index is 11.6. The molecule has 0 aromatic carbocycles. The first kappa shape index (κ1) is 12.6. The molecule has 0 fully saturated rings. The second-order valence-electron chi connectivity index (χ2n) is 4.13. The number of carbonyl (C=O) groups is 1. The molecule has 0 saturated heterocycles. The average molecular weight is 246 g/mol. The van der Waals surface area contributed by atoms with Crippen LogP contribution in [0.25, 0.3) is 0 Å². The van der Waals surface area contributed by atoms with Crippen molar-refractivity contribution < 1.29 is 4.79 Å². The van der Waals surface area contributed by atoms with E-state index in [1.807, 2.05) is 24.3 Å². The van der Waals surface area contributed by atoms with Crippen molar-refractivity contribution in [3.8, 4) is 0 Å². The van der Waals surface area contributed by atoms with E-state index < -0.39 is 0 Å². The van der Waals surface area contributed by atoms with E-state index in [2.05, 4.69) is 20.9 Å². The van der Waals surface area contributed by atoms with E-state index in [1.54, 1.807) is 12.4 Å². The minimum atomic E-state index is -0.156. The van der Waals surface area contributed by atoms with Gasteiger partial charge in [0.1, 0.15) is 6.04 Å². The molecule has 1 aliphatic rings. The number of nitrogens with one attached hydrogen (secondary N) is 3. The molecule has 0 spiro atoms. The standard InChI is InChI=1S/C13H18N4O/c18-13(12-5-2-7-16-12)17-9-3-8-15-11-4-1-6-14-10-11/h1-2,4-6,10,12,15-16H,3,7-9H2,(H,17,18)/t12-/m0/s1. The summed E-state index contributed by atoms with van der Waals surface area (Å²) in [6.45, 7) is 2.28. The molecule has 1 atom stereocenters. The molecule has 0 unspecified atom stereocenters. The van der Waals surface area contributed by atoms with Crippen LogP contribution >= 0.6 is 0 Å². The van der Waals surface area contributed by atoms with Crippen LogP contribution in [0.4, 0.5) is 5.69 Å². The lowest BCUT2D eigenvalue weighted by molar-refractivity contribution is -0.121. The Morgan fingerprint density at radius 1 is 1.50 bits per heavy atom. The van der Waals surface area contributed by atoms with Crippen molar-refractivity contribution in [1.82, 2.24) is 15.6 Å². The van der Waals surface area contributed by atoms with Crippen LogP contribution in [-0.2, 0) is 4.79 Å². The molecule has 96 valence electrons. The van der Waals surface area contributed by atoms with Crippen molar-refractivity contribution >= 4 is 11.6 Å². The van der Waals surface area contributed by atoms with Crippen LogP contribution in [-0.4, -0.2) is 36.6 Å². The highest BCUT2D eigenvalue weighted by molar-refractivity contribution is 5.84. The lowest BCUT2D eigenvalue weighted by Crippen LogP contribution is -2.41.